The van der Waals surface area contributed by atoms with Crippen LogP contribution >= 0.6 is 0 Å². The lowest BCUT2D eigenvalue weighted by Gasteiger charge is -2.43. The number of rotatable bonds is 7. The van der Waals surface area contributed by atoms with Gasteiger partial charge in [0.1, 0.15) is 6.61 Å². The number of carboxylic acids is 1. The first-order valence-corrected chi connectivity index (χ1v) is 12.6. The number of hydrogen-bond acceptors (Lipinski definition) is 4. The second-order valence-corrected chi connectivity index (χ2v) is 10.2. The number of nitrogens with zero attached hydrogens (tertiary/aromatic N) is 1. The molecule has 2 aromatic carbocycles. The SMILES string of the molecule is O=C(O)CC1CCCN(C(=O)CC2(NC(=O)OCC3c4ccccc4-c4ccccc43)CCC2)C1. The van der Waals surface area contributed by atoms with Crippen LogP contribution in [0, 0.1) is 5.92 Å². The molecule has 35 heavy (non-hydrogen) atoms. The fourth-order valence-corrected chi connectivity index (χ4v) is 5.91. The molecule has 2 amide bonds. The van der Waals surface area contributed by atoms with Crippen LogP contribution in [0.15, 0.2) is 48.5 Å². The summed E-state index contributed by atoms with van der Waals surface area (Å²) in [6, 6.07) is 16.4. The van der Waals surface area contributed by atoms with Gasteiger partial charge in [-0.05, 0) is 60.3 Å². The fraction of sp³-hybridized carbons (Fsp3) is 0.464. The number of ether oxygens (including phenoxy) is 1. The number of nitrogens with one attached hydrogen (secondary N) is 1. The first-order valence-electron chi connectivity index (χ1n) is 12.6. The van der Waals surface area contributed by atoms with Gasteiger partial charge in [-0.3, -0.25) is 9.59 Å². The van der Waals surface area contributed by atoms with Gasteiger partial charge in [-0.25, -0.2) is 4.79 Å². The Hall–Kier alpha value is -3.35. The highest BCUT2D eigenvalue weighted by Gasteiger charge is 2.42. The molecule has 2 aromatic rings. The molecule has 1 atom stereocenters. The minimum atomic E-state index is -0.823. The number of hydrogen-bond donors (Lipinski definition) is 2. The minimum absolute atomic E-state index is 0.00219. The molecule has 7 heteroatoms. The van der Waals surface area contributed by atoms with Crippen molar-refractivity contribution in [2.75, 3.05) is 19.7 Å². The zero-order chi connectivity index (χ0) is 24.4. The molecule has 0 aromatic heterocycles. The summed E-state index contributed by atoms with van der Waals surface area (Å²) >= 11 is 0. The molecule has 7 nitrogen and oxygen atoms in total. The lowest BCUT2D eigenvalue weighted by atomic mass is 9.74. The van der Waals surface area contributed by atoms with E-state index in [2.05, 4.69) is 29.6 Å². The van der Waals surface area contributed by atoms with Crippen LogP contribution < -0.4 is 5.32 Å². The van der Waals surface area contributed by atoms with Crippen molar-refractivity contribution in [1.29, 1.82) is 0 Å². The summed E-state index contributed by atoms with van der Waals surface area (Å²) in [5, 5.41) is 12.1. The molecule has 0 radical (unpaired) electrons. The predicted octanol–water partition coefficient (Wildman–Crippen LogP) is 4.55. The molecule has 0 spiro atoms. The Kier molecular flexibility index (Phi) is 6.50. The highest BCUT2D eigenvalue weighted by molar-refractivity contribution is 5.80. The van der Waals surface area contributed by atoms with E-state index in [0.29, 0.717) is 13.1 Å². The fourth-order valence-electron chi connectivity index (χ4n) is 5.91. The van der Waals surface area contributed by atoms with Crippen LogP contribution in [0.25, 0.3) is 11.1 Å². The lowest BCUT2D eigenvalue weighted by molar-refractivity contribution is -0.141. The van der Waals surface area contributed by atoms with Crippen molar-refractivity contribution in [3.8, 4) is 11.1 Å². The van der Waals surface area contributed by atoms with E-state index in [1.165, 1.54) is 11.1 Å². The van der Waals surface area contributed by atoms with Crippen LogP contribution in [0.2, 0.25) is 0 Å². The zero-order valence-corrected chi connectivity index (χ0v) is 19.9. The molecular formula is C28H32N2O5. The molecule has 2 fully saturated rings. The second-order valence-electron chi connectivity index (χ2n) is 10.2. The van der Waals surface area contributed by atoms with E-state index >= 15 is 0 Å². The number of carbonyl (C=O) groups excluding carboxylic acids is 2. The van der Waals surface area contributed by atoms with Gasteiger partial charge in [0, 0.05) is 25.4 Å². The maximum Gasteiger partial charge on any atom is 0.407 e. The monoisotopic (exact) mass is 476 g/mol. The van der Waals surface area contributed by atoms with E-state index in [1.807, 2.05) is 24.3 Å². The number of carbonyl (C=O) groups is 3. The first kappa shape index (κ1) is 23.4. The number of amides is 2. The van der Waals surface area contributed by atoms with E-state index in [1.54, 1.807) is 4.90 Å². The van der Waals surface area contributed by atoms with Crippen molar-refractivity contribution >= 4 is 18.0 Å². The Labute approximate surface area is 205 Å². The molecular weight excluding hydrogens is 444 g/mol. The molecule has 1 saturated carbocycles. The first-order chi connectivity index (χ1) is 16.9. The molecule has 5 rings (SSSR count). The van der Waals surface area contributed by atoms with Crippen molar-refractivity contribution in [2.45, 2.75) is 56.4 Å². The van der Waals surface area contributed by atoms with Gasteiger partial charge in [0.15, 0.2) is 0 Å². The Morgan fingerprint density at radius 2 is 1.66 bits per heavy atom. The Morgan fingerprint density at radius 3 is 2.26 bits per heavy atom. The standard InChI is InChI=1S/C28H32N2O5/c31-25(30-14-5-7-19(17-30)15-26(32)33)16-28(12-6-13-28)29-27(34)35-18-24-22-10-3-1-8-20(22)21-9-2-4-11-23(21)24/h1-4,8-11,19,24H,5-7,12-18H2,(H,29,34)(H,32,33). The summed E-state index contributed by atoms with van der Waals surface area (Å²) in [7, 11) is 0. The summed E-state index contributed by atoms with van der Waals surface area (Å²) in [6.45, 7) is 1.37. The molecule has 184 valence electrons. The highest BCUT2D eigenvalue weighted by Crippen LogP contribution is 2.44. The van der Waals surface area contributed by atoms with Gasteiger partial charge in [0.25, 0.3) is 0 Å². The second kappa shape index (κ2) is 9.72. The maximum absolute atomic E-state index is 13.0. The van der Waals surface area contributed by atoms with E-state index < -0.39 is 17.6 Å². The number of piperidine rings is 1. The molecule has 0 bridgehead atoms. The summed E-state index contributed by atoms with van der Waals surface area (Å²) in [6.07, 6.45) is 3.94. The van der Waals surface area contributed by atoms with E-state index in [0.717, 1.165) is 43.2 Å². The zero-order valence-electron chi connectivity index (χ0n) is 19.9. The Balaban J connectivity index is 1.19. The van der Waals surface area contributed by atoms with E-state index in [9.17, 15) is 14.4 Å². The quantitative estimate of drug-likeness (QED) is 0.611. The number of benzene rings is 2. The summed E-state index contributed by atoms with van der Waals surface area (Å²) in [4.78, 5) is 38.7. The summed E-state index contributed by atoms with van der Waals surface area (Å²) in [5.74, 6) is -0.848. The average molecular weight is 477 g/mol. The summed E-state index contributed by atoms with van der Waals surface area (Å²) in [5.41, 5.74) is 4.12. The topological polar surface area (TPSA) is 95.9 Å². The highest BCUT2D eigenvalue weighted by atomic mass is 16.5. The molecule has 3 aliphatic rings. The third kappa shape index (κ3) is 4.90. The van der Waals surface area contributed by atoms with Crippen LogP contribution in [0.1, 0.15) is 62.0 Å². The third-order valence-electron chi connectivity index (χ3n) is 7.85. The Bertz CT molecular complexity index is 1080. The van der Waals surface area contributed by atoms with Crippen LogP contribution in [0.4, 0.5) is 4.79 Å². The molecule has 1 saturated heterocycles. The van der Waals surface area contributed by atoms with Gasteiger partial charge in [-0.15, -0.1) is 0 Å². The number of alkyl carbamates (subject to hydrolysis) is 1. The van der Waals surface area contributed by atoms with Gasteiger partial charge >= 0.3 is 12.1 Å². The van der Waals surface area contributed by atoms with Gasteiger partial charge in [0.2, 0.25) is 5.91 Å². The van der Waals surface area contributed by atoms with Gasteiger partial charge < -0.3 is 20.1 Å². The van der Waals surface area contributed by atoms with E-state index in [4.69, 9.17) is 9.84 Å². The normalized spacial score (nSPS) is 20.3. The number of fused-ring (bicyclic) bond motifs is 3. The van der Waals surface area contributed by atoms with Crippen molar-refractivity contribution in [3.05, 3.63) is 59.7 Å². The van der Waals surface area contributed by atoms with Crippen LogP contribution in [-0.4, -0.2) is 53.2 Å². The smallest absolute Gasteiger partial charge is 0.407 e. The summed E-state index contributed by atoms with van der Waals surface area (Å²) < 4.78 is 5.72. The van der Waals surface area contributed by atoms with E-state index in [-0.39, 0.29) is 37.2 Å². The molecule has 2 aliphatic carbocycles. The Morgan fingerprint density at radius 1 is 1.00 bits per heavy atom. The number of likely N-dealkylation sites (tertiary alicyclic amines) is 1. The number of carboxylic acid groups (broad SMARTS) is 1. The molecule has 1 heterocycles. The van der Waals surface area contributed by atoms with Crippen LogP contribution in [-0.2, 0) is 14.3 Å². The van der Waals surface area contributed by atoms with Crippen molar-refractivity contribution in [2.24, 2.45) is 5.92 Å². The van der Waals surface area contributed by atoms with Crippen molar-refractivity contribution in [3.63, 3.8) is 0 Å². The third-order valence-corrected chi connectivity index (χ3v) is 7.85. The average Bonchev–Trinajstić information content (AvgIpc) is 3.15. The largest absolute Gasteiger partial charge is 0.481 e. The maximum atomic E-state index is 13.0. The lowest BCUT2D eigenvalue weighted by Crippen LogP contribution is -2.57. The van der Waals surface area contributed by atoms with Crippen molar-refractivity contribution in [1.82, 2.24) is 10.2 Å². The molecule has 1 unspecified atom stereocenters. The molecule has 1 aliphatic heterocycles. The molecule has 2 N–H and O–H groups in total. The van der Waals surface area contributed by atoms with Crippen LogP contribution in [0.5, 0.6) is 0 Å². The van der Waals surface area contributed by atoms with Gasteiger partial charge in [-0.1, -0.05) is 48.5 Å². The predicted molar refractivity (Wildman–Crippen MR) is 131 cm³/mol. The number of aliphatic carboxylic acids is 1. The van der Waals surface area contributed by atoms with Crippen molar-refractivity contribution < 1.29 is 24.2 Å². The van der Waals surface area contributed by atoms with Gasteiger partial charge in [-0.2, -0.15) is 0 Å². The van der Waals surface area contributed by atoms with Gasteiger partial charge in [0.05, 0.1) is 12.0 Å². The van der Waals surface area contributed by atoms with Crippen LogP contribution in [0.3, 0.4) is 0 Å². The minimum Gasteiger partial charge on any atom is -0.481 e.